The number of hydrogen-bond donors (Lipinski definition) is 1. The molecule has 2 heterocycles. The number of nitrogens with one attached hydrogen (secondary N) is 1. The minimum atomic E-state index is 0.588. The molecule has 1 saturated heterocycles. The fourth-order valence-electron chi connectivity index (χ4n) is 3.01. The minimum absolute atomic E-state index is 0.588. The molecule has 2 atom stereocenters. The van der Waals surface area contributed by atoms with Gasteiger partial charge in [-0.15, -0.1) is 0 Å². The van der Waals surface area contributed by atoms with Gasteiger partial charge in [0.05, 0.1) is 16.4 Å². The second-order valence-corrected chi connectivity index (χ2v) is 6.17. The number of piperazine rings is 1. The van der Waals surface area contributed by atoms with Crippen molar-refractivity contribution in [2.75, 3.05) is 19.6 Å². The lowest BCUT2D eigenvalue weighted by atomic mass is 9.96. The van der Waals surface area contributed by atoms with Gasteiger partial charge in [0, 0.05) is 38.8 Å². The number of hydrogen-bond acceptors (Lipinski definition) is 3. The lowest BCUT2D eigenvalue weighted by Gasteiger charge is -2.39. The molecule has 0 amide bonds. The van der Waals surface area contributed by atoms with E-state index in [9.17, 15) is 0 Å². The lowest BCUT2D eigenvalue weighted by molar-refractivity contribution is 0.106. The van der Waals surface area contributed by atoms with Crippen molar-refractivity contribution in [1.82, 2.24) is 20.0 Å². The van der Waals surface area contributed by atoms with Crippen LogP contribution in [0.15, 0.2) is 0 Å². The quantitative estimate of drug-likeness (QED) is 0.907. The summed E-state index contributed by atoms with van der Waals surface area (Å²) in [5.41, 5.74) is 2.11. The summed E-state index contributed by atoms with van der Waals surface area (Å²) in [6.07, 6.45) is 1.21. The summed E-state index contributed by atoms with van der Waals surface area (Å²) in [4.78, 5) is 2.57. The Bertz CT molecular complexity index is 443. The summed E-state index contributed by atoms with van der Waals surface area (Å²) in [6.45, 7) is 13.7. The number of aromatic nitrogens is 2. The monoisotopic (exact) mass is 298 g/mol. The van der Waals surface area contributed by atoms with Crippen molar-refractivity contribution in [2.45, 2.75) is 53.2 Å². The smallest absolute Gasteiger partial charge is 0.0860 e. The molecular formula is C15H27ClN4. The average molecular weight is 299 g/mol. The highest BCUT2D eigenvalue weighted by Gasteiger charge is 2.28. The molecule has 1 aliphatic rings. The fraction of sp³-hybridized carbons (Fsp3) is 0.800. The molecule has 1 aliphatic heterocycles. The molecule has 0 radical (unpaired) electrons. The van der Waals surface area contributed by atoms with Gasteiger partial charge < -0.3 is 5.32 Å². The van der Waals surface area contributed by atoms with Gasteiger partial charge in [0.15, 0.2) is 0 Å². The predicted molar refractivity (Wildman–Crippen MR) is 84.2 cm³/mol. The zero-order valence-electron chi connectivity index (χ0n) is 13.1. The van der Waals surface area contributed by atoms with E-state index in [4.69, 9.17) is 11.6 Å². The van der Waals surface area contributed by atoms with E-state index in [1.165, 1.54) is 12.1 Å². The topological polar surface area (TPSA) is 33.1 Å². The molecule has 2 rings (SSSR count). The van der Waals surface area contributed by atoms with Gasteiger partial charge in [-0.05, 0) is 19.8 Å². The number of halogens is 1. The Morgan fingerprint density at radius 1 is 1.45 bits per heavy atom. The van der Waals surface area contributed by atoms with Gasteiger partial charge in [-0.25, -0.2) is 0 Å². The summed E-state index contributed by atoms with van der Waals surface area (Å²) in [5, 5.41) is 8.88. The highest BCUT2D eigenvalue weighted by molar-refractivity contribution is 6.31. The number of aryl methyl sites for hydroxylation is 2. The molecule has 0 spiro atoms. The van der Waals surface area contributed by atoms with E-state index in [1.54, 1.807) is 0 Å². The summed E-state index contributed by atoms with van der Waals surface area (Å²) in [6, 6.07) is 0.588. The molecule has 0 aromatic carbocycles. The largest absolute Gasteiger partial charge is 0.314 e. The molecular weight excluding hydrogens is 272 g/mol. The molecule has 20 heavy (non-hydrogen) atoms. The van der Waals surface area contributed by atoms with Gasteiger partial charge in [-0.1, -0.05) is 31.9 Å². The standard InChI is InChI=1S/C15H27ClN4/c1-5-11(3)13-9-17-7-8-19(13)10-14-15(16)12(4)18-20(14)6-2/h11,13,17H,5-10H2,1-4H3. The van der Waals surface area contributed by atoms with Crippen LogP contribution in [0.1, 0.15) is 38.6 Å². The van der Waals surface area contributed by atoms with Crippen LogP contribution in [-0.2, 0) is 13.1 Å². The van der Waals surface area contributed by atoms with E-state index in [2.05, 4.69) is 36.1 Å². The molecule has 2 unspecified atom stereocenters. The molecule has 4 nitrogen and oxygen atoms in total. The zero-order valence-corrected chi connectivity index (χ0v) is 13.9. The minimum Gasteiger partial charge on any atom is -0.314 e. The highest BCUT2D eigenvalue weighted by Crippen LogP contribution is 2.25. The molecule has 1 aromatic heterocycles. The van der Waals surface area contributed by atoms with Crippen molar-refractivity contribution < 1.29 is 0 Å². The maximum absolute atomic E-state index is 6.45. The molecule has 1 fully saturated rings. The summed E-state index contributed by atoms with van der Waals surface area (Å²) in [7, 11) is 0. The first-order chi connectivity index (χ1) is 9.58. The van der Waals surface area contributed by atoms with E-state index in [0.29, 0.717) is 12.0 Å². The first-order valence-corrected chi connectivity index (χ1v) is 8.12. The van der Waals surface area contributed by atoms with Crippen molar-refractivity contribution in [3.8, 4) is 0 Å². The van der Waals surface area contributed by atoms with Crippen LogP contribution >= 0.6 is 11.6 Å². The Hall–Kier alpha value is -0.580. The van der Waals surface area contributed by atoms with Crippen LogP contribution in [0, 0.1) is 12.8 Å². The van der Waals surface area contributed by atoms with Crippen LogP contribution < -0.4 is 5.32 Å². The number of nitrogens with zero attached hydrogens (tertiary/aromatic N) is 3. The highest BCUT2D eigenvalue weighted by atomic mass is 35.5. The molecule has 0 aliphatic carbocycles. The van der Waals surface area contributed by atoms with Crippen LogP contribution in [0.2, 0.25) is 5.02 Å². The molecule has 1 N–H and O–H groups in total. The molecule has 0 saturated carbocycles. The van der Waals surface area contributed by atoms with E-state index < -0.39 is 0 Å². The van der Waals surface area contributed by atoms with Crippen molar-refractivity contribution in [3.05, 3.63) is 16.4 Å². The molecule has 5 heteroatoms. The summed E-state index contributed by atoms with van der Waals surface area (Å²) < 4.78 is 2.05. The third-order valence-electron chi connectivity index (χ3n) is 4.50. The van der Waals surface area contributed by atoms with Crippen molar-refractivity contribution >= 4 is 11.6 Å². The Morgan fingerprint density at radius 3 is 2.85 bits per heavy atom. The third-order valence-corrected chi connectivity index (χ3v) is 5.00. The van der Waals surface area contributed by atoms with Crippen LogP contribution in [0.25, 0.3) is 0 Å². The normalized spacial score (nSPS) is 22.1. The molecule has 114 valence electrons. The van der Waals surface area contributed by atoms with E-state index >= 15 is 0 Å². The number of rotatable bonds is 5. The van der Waals surface area contributed by atoms with Crippen molar-refractivity contribution in [1.29, 1.82) is 0 Å². The van der Waals surface area contributed by atoms with Gasteiger partial charge in [-0.2, -0.15) is 5.10 Å². The van der Waals surface area contributed by atoms with E-state index in [0.717, 1.165) is 43.4 Å². The third kappa shape index (κ3) is 3.18. The van der Waals surface area contributed by atoms with Crippen LogP contribution in [0.3, 0.4) is 0 Å². The first-order valence-electron chi connectivity index (χ1n) is 7.75. The Labute approximate surface area is 127 Å². The van der Waals surface area contributed by atoms with Crippen molar-refractivity contribution in [2.24, 2.45) is 5.92 Å². The van der Waals surface area contributed by atoms with Crippen LogP contribution in [0.4, 0.5) is 0 Å². The zero-order chi connectivity index (χ0) is 14.7. The van der Waals surface area contributed by atoms with Crippen LogP contribution in [-0.4, -0.2) is 40.4 Å². The van der Waals surface area contributed by atoms with Gasteiger partial charge in [0.2, 0.25) is 0 Å². The first kappa shape index (κ1) is 15.8. The van der Waals surface area contributed by atoms with Gasteiger partial charge in [0.1, 0.15) is 0 Å². The Kier molecular flexibility index (Phi) is 5.47. The van der Waals surface area contributed by atoms with Gasteiger partial charge >= 0.3 is 0 Å². The Balaban J connectivity index is 2.18. The van der Waals surface area contributed by atoms with Gasteiger partial charge in [-0.3, -0.25) is 9.58 Å². The second-order valence-electron chi connectivity index (χ2n) is 5.79. The van der Waals surface area contributed by atoms with Crippen LogP contribution in [0.5, 0.6) is 0 Å². The molecule has 1 aromatic rings. The van der Waals surface area contributed by atoms with Gasteiger partial charge in [0.25, 0.3) is 0 Å². The lowest BCUT2D eigenvalue weighted by Crippen LogP contribution is -2.53. The average Bonchev–Trinajstić information content (AvgIpc) is 2.74. The predicted octanol–water partition coefficient (Wildman–Crippen LogP) is 2.68. The SMILES string of the molecule is CCC(C)C1CNCCN1Cc1c(Cl)c(C)nn1CC. The maximum Gasteiger partial charge on any atom is 0.0860 e. The van der Waals surface area contributed by atoms with Crippen molar-refractivity contribution in [3.63, 3.8) is 0 Å². The van der Waals surface area contributed by atoms with E-state index in [-0.39, 0.29) is 0 Å². The summed E-state index contributed by atoms with van der Waals surface area (Å²) >= 11 is 6.45. The Morgan fingerprint density at radius 2 is 2.20 bits per heavy atom. The molecule has 0 bridgehead atoms. The van der Waals surface area contributed by atoms with E-state index in [1.807, 2.05) is 11.6 Å². The fourth-order valence-corrected chi connectivity index (χ4v) is 3.20. The maximum atomic E-state index is 6.45. The second kappa shape index (κ2) is 6.92. The summed E-state index contributed by atoms with van der Waals surface area (Å²) in [5.74, 6) is 0.695.